The summed E-state index contributed by atoms with van der Waals surface area (Å²) in [5, 5.41) is 16.6. The number of aryl methyl sites for hydroxylation is 1. The molecule has 6 heteroatoms. The van der Waals surface area contributed by atoms with Crippen LogP contribution >= 0.6 is 11.3 Å². The lowest BCUT2D eigenvalue weighted by molar-refractivity contribution is 0.187. The van der Waals surface area contributed by atoms with E-state index in [-0.39, 0.29) is 12.6 Å². The first-order chi connectivity index (χ1) is 6.93. The van der Waals surface area contributed by atoms with E-state index in [0.717, 1.165) is 5.69 Å². The maximum absolute atomic E-state index is 11.4. The van der Waals surface area contributed by atoms with Gasteiger partial charge >= 0.3 is 6.03 Å². The Morgan fingerprint density at radius 1 is 1.67 bits per heavy atom. The molecule has 0 fully saturated rings. The molecule has 0 aromatic carbocycles. The zero-order valence-corrected chi connectivity index (χ0v) is 9.81. The standard InChI is InChI=1S/C9H15N3O2S/c1-6-4-15-8(10-6)11-7(14)12-9(2,3)5-13/h4,13H,5H2,1-3H3,(H2,10,11,12,14). The topological polar surface area (TPSA) is 74.2 Å². The predicted molar refractivity (Wildman–Crippen MR) is 60.2 cm³/mol. The Bertz CT molecular complexity index is 349. The highest BCUT2D eigenvalue weighted by atomic mass is 32.1. The second kappa shape index (κ2) is 4.59. The second-order valence-electron chi connectivity index (χ2n) is 3.92. The molecule has 0 spiro atoms. The van der Waals surface area contributed by atoms with E-state index < -0.39 is 5.54 Å². The number of amides is 2. The van der Waals surface area contributed by atoms with Gasteiger partial charge in [-0.2, -0.15) is 0 Å². The van der Waals surface area contributed by atoms with Crippen molar-refractivity contribution >= 4 is 22.5 Å². The SMILES string of the molecule is Cc1csc(NC(=O)NC(C)(C)CO)n1. The minimum absolute atomic E-state index is 0.114. The number of rotatable bonds is 3. The van der Waals surface area contributed by atoms with Crippen LogP contribution < -0.4 is 10.6 Å². The van der Waals surface area contributed by atoms with Crippen LogP contribution in [-0.4, -0.2) is 28.3 Å². The van der Waals surface area contributed by atoms with Gasteiger partial charge in [-0.1, -0.05) is 0 Å². The molecule has 1 heterocycles. The molecule has 3 N–H and O–H groups in total. The van der Waals surface area contributed by atoms with Crippen LogP contribution in [0.4, 0.5) is 9.93 Å². The number of thiazole rings is 1. The van der Waals surface area contributed by atoms with E-state index in [4.69, 9.17) is 5.11 Å². The normalized spacial score (nSPS) is 11.2. The summed E-state index contributed by atoms with van der Waals surface area (Å²) in [5.41, 5.74) is 0.243. The minimum Gasteiger partial charge on any atom is -0.394 e. The second-order valence-corrected chi connectivity index (χ2v) is 4.77. The number of carbonyl (C=O) groups is 1. The predicted octanol–water partition coefficient (Wildman–Crippen LogP) is 1.34. The smallest absolute Gasteiger partial charge is 0.321 e. The maximum atomic E-state index is 11.4. The molecule has 0 aliphatic carbocycles. The summed E-state index contributed by atoms with van der Waals surface area (Å²) >= 11 is 1.37. The number of anilines is 1. The van der Waals surface area contributed by atoms with Crippen molar-refractivity contribution in [2.75, 3.05) is 11.9 Å². The van der Waals surface area contributed by atoms with Crippen molar-refractivity contribution in [1.82, 2.24) is 10.3 Å². The van der Waals surface area contributed by atoms with Gasteiger partial charge in [-0.15, -0.1) is 11.3 Å². The molecular formula is C9H15N3O2S. The van der Waals surface area contributed by atoms with Crippen molar-refractivity contribution in [3.05, 3.63) is 11.1 Å². The monoisotopic (exact) mass is 229 g/mol. The lowest BCUT2D eigenvalue weighted by atomic mass is 10.1. The van der Waals surface area contributed by atoms with E-state index in [2.05, 4.69) is 15.6 Å². The van der Waals surface area contributed by atoms with Crippen LogP contribution in [0.5, 0.6) is 0 Å². The van der Waals surface area contributed by atoms with Gasteiger partial charge < -0.3 is 10.4 Å². The van der Waals surface area contributed by atoms with Crippen molar-refractivity contribution in [2.24, 2.45) is 0 Å². The molecule has 0 unspecified atom stereocenters. The number of urea groups is 1. The van der Waals surface area contributed by atoms with Crippen molar-refractivity contribution < 1.29 is 9.90 Å². The van der Waals surface area contributed by atoms with Crippen LogP contribution in [0.3, 0.4) is 0 Å². The van der Waals surface area contributed by atoms with Gasteiger partial charge in [0, 0.05) is 5.38 Å². The first kappa shape index (κ1) is 11.9. The summed E-state index contributed by atoms with van der Waals surface area (Å²) in [5.74, 6) is 0. The molecule has 0 bridgehead atoms. The third-order valence-corrected chi connectivity index (χ3v) is 2.56. The molecule has 1 aromatic heterocycles. The van der Waals surface area contributed by atoms with Gasteiger partial charge in [0.25, 0.3) is 0 Å². The lowest BCUT2D eigenvalue weighted by Crippen LogP contribution is -2.48. The molecule has 0 saturated heterocycles. The Labute approximate surface area is 92.5 Å². The third-order valence-electron chi connectivity index (χ3n) is 1.69. The lowest BCUT2D eigenvalue weighted by Gasteiger charge is -2.23. The molecule has 15 heavy (non-hydrogen) atoms. The van der Waals surface area contributed by atoms with E-state index in [1.165, 1.54) is 11.3 Å². The summed E-state index contributed by atoms with van der Waals surface area (Å²) < 4.78 is 0. The number of nitrogens with one attached hydrogen (secondary N) is 2. The maximum Gasteiger partial charge on any atom is 0.321 e. The Balaban J connectivity index is 2.50. The van der Waals surface area contributed by atoms with Crippen LogP contribution in [0.15, 0.2) is 5.38 Å². The fourth-order valence-corrected chi connectivity index (χ4v) is 1.57. The highest BCUT2D eigenvalue weighted by molar-refractivity contribution is 7.13. The van der Waals surface area contributed by atoms with E-state index >= 15 is 0 Å². The van der Waals surface area contributed by atoms with Crippen molar-refractivity contribution in [3.8, 4) is 0 Å². The zero-order chi connectivity index (χ0) is 11.5. The van der Waals surface area contributed by atoms with Crippen LogP contribution in [0.2, 0.25) is 0 Å². The Kier molecular flexibility index (Phi) is 3.65. The highest BCUT2D eigenvalue weighted by Gasteiger charge is 2.19. The van der Waals surface area contributed by atoms with Gasteiger partial charge in [0.05, 0.1) is 17.8 Å². The van der Waals surface area contributed by atoms with Gasteiger partial charge in [0.15, 0.2) is 5.13 Å². The fraction of sp³-hybridized carbons (Fsp3) is 0.556. The number of aromatic nitrogens is 1. The number of carbonyl (C=O) groups excluding carboxylic acids is 1. The van der Waals surface area contributed by atoms with Gasteiger partial charge in [0.2, 0.25) is 0 Å². The molecule has 0 aliphatic rings. The highest BCUT2D eigenvalue weighted by Crippen LogP contribution is 2.14. The average molecular weight is 229 g/mol. The molecule has 0 aliphatic heterocycles. The molecular weight excluding hydrogens is 214 g/mol. The molecule has 1 aromatic rings. The largest absolute Gasteiger partial charge is 0.394 e. The van der Waals surface area contributed by atoms with Crippen molar-refractivity contribution in [1.29, 1.82) is 0 Å². The third kappa shape index (κ3) is 3.85. The first-order valence-corrected chi connectivity index (χ1v) is 5.43. The molecule has 2 amide bonds. The first-order valence-electron chi connectivity index (χ1n) is 4.55. The van der Waals surface area contributed by atoms with E-state index in [9.17, 15) is 4.79 Å². The van der Waals surface area contributed by atoms with Gasteiger partial charge in [-0.05, 0) is 20.8 Å². The van der Waals surface area contributed by atoms with Gasteiger partial charge in [-0.3, -0.25) is 5.32 Å². The molecule has 5 nitrogen and oxygen atoms in total. The summed E-state index contributed by atoms with van der Waals surface area (Å²) in [4.78, 5) is 15.5. The average Bonchev–Trinajstić information content (AvgIpc) is 2.50. The fourth-order valence-electron chi connectivity index (χ4n) is 0.887. The summed E-state index contributed by atoms with van der Waals surface area (Å²) in [7, 11) is 0. The zero-order valence-electron chi connectivity index (χ0n) is 9.00. The summed E-state index contributed by atoms with van der Waals surface area (Å²) in [6.45, 7) is 5.22. The Morgan fingerprint density at radius 2 is 2.33 bits per heavy atom. The minimum atomic E-state index is -0.629. The number of aliphatic hydroxyl groups excluding tert-OH is 1. The molecule has 1 rings (SSSR count). The van der Waals surface area contributed by atoms with Crippen molar-refractivity contribution in [3.63, 3.8) is 0 Å². The Morgan fingerprint density at radius 3 is 2.80 bits per heavy atom. The molecule has 0 atom stereocenters. The van der Waals surface area contributed by atoms with E-state index in [1.54, 1.807) is 13.8 Å². The van der Waals surface area contributed by atoms with E-state index in [1.807, 2.05) is 12.3 Å². The summed E-state index contributed by atoms with van der Waals surface area (Å²) in [6, 6.07) is -0.358. The van der Waals surface area contributed by atoms with E-state index in [0.29, 0.717) is 5.13 Å². The van der Waals surface area contributed by atoms with Gasteiger partial charge in [0.1, 0.15) is 0 Å². The van der Waals surface area contributed by atoms with Crippen LogP contribution in [0, 0.1) is 6.92 Å². The number of aliphatic hydroxyl groups is 1. The van der Waals surface area contributed by atoms with Gasteiger partial charge in [-0.25, -0.2) is 9.78 Å². The molecule has 0 radical (unpaired) electrons. The molecule has 0 saturated carbocycles. The van der Waals surface area contributed by atoms with Crippen molar-refractivity contribution in [2.45, 2.75) is 26.3 Å². The molecule has 84 valence electrons. The summed E-state index contributed by atoms with van der Waals surface area (Å²) in [6.07, 6.45) is 0. The van der Waals surface area contributed by atoms with Crippen LogP contribution in [0.1, 0.15) is 19.5 Å². The van der Waals surface area contributed by atoms with Crippen LogP contribution in [0.25, 0.3) is 0 Å². The quantitative estimate of drug-likeness (QED) is 0.732. The van der Waals surface area contributed by atoms with Crippen LogP contribution in [-0.2, 0) is 0 Å². The number of hydrogen-bond acceptors (Lipinski definition) is 4. The number of nitrogens with zero attached hydrogens (tertiary/aromatic N) is 1. The number of hydrogen-bond donors (Lipinski definition) is 3. The Hall–Kier alpha value is -1.14.